The summed E-state index contributed by atoms with van der Waals surface area (Å²) in [6.07, 6.45) is 4.49. The van der Waals surface area contributed by atoms with Gasteiger partial charge in [0.1, 0.15) is 5.82 Å². The molecule has 0 aromatic carbocycles. The molecule has 2 rings (SSSR count). The first-order chi connectivity index (χ1) is 9.69. The van der Waals surface area contributed by atoms with Crippen LogP contribution < -0.4 is 10.6 Å². The number of anilines is 1. The summed E-state index contributed by atoms with van der Waals surface area (Å²) in [5, 5.41) is 10.2. The van der Waals surface area contributed by atoms with E-state index in [0.717, 1.165) is 24.5 Å². The molecule has 2 heterocycles. The van der Waals surface area contributed by atoms with Crippen molar-refractivity contribution in [2.45, 2.75) is 19.9 Å². The molecule has 0 fully saturated rings. The maximum absolute atomic E-state index is 12.0. The van der Waals surface area contributed by atoms with E-state index in [1.807, 2.05) is 19.3 Å². The lowest BCUT2D eigenvalue weighted by atomic mass is 10.2. The van der Waals surface area contributed by atoms with Crippen molar-refractivity contribution < 1.29 is 4.79 Å². The second-order valence-electron chi connectivity index (χ2n) is 4.52. The number of carbonyl (C=O) groups excluding carboxylic acids is 1. The third-order valence-corrected chi connectivity index (χ3v) is 2.78. The average Bonchev–Trinajstić information content (AvgIpc) is 2.88. The Morgan fingerprint density at radius 2 is 2.25 bits per heavy atom. The Bertz CT molecular complexity index is 578. The molecule has 2 N–H and O–H groups in total. The number of aromatic nitrogens is 3. The van der Waals surface area contributed by atoms with Crippen LogP contribution in [0.2, 0.25) is 0 Å². The van der Waals surface area contributed by atoms with Gasteiger partial charge in [0.05, 0.1) is 12.2 Å². The van der Waals surface area contributed by atoms with Gasteiger partial charge in [-0.1, -0.05) is 6.92 Å². The Morgan fingerprint density at radius 1 is 1.40 bits per heavy atom. The van der Waals surface area contributed by atoms with Gasteiger partial charge in [-0.25, -0.2) is 4.98 Å². The van der Waals surface area contributed by atoms with E-state index < -0.39 is 0 Å². The topological polar surface area (TPSA) is 71.8 Å². The van der Waals surface area contributed by atoms with Crippen molar-refractivity contribution in [2.24, 2.45) is 7.05 Å². The first-order valence-corrected chi connectivity index (χ1v) is 6.65. The van der Waals surface area contributed by atoms with Gasteiger partial charge < -0.3 is 10.6 Å². The SMILES string of the molecule is CCCNc1cc(C(=O)NCc2ccn(C)n2)ccn1. The summed E-state index contributed by atoms with van der Waals surface area (Å²) in [6, 6.07) is 5.33. The maximum atomic E-state index is 12.0. The molecular weight excluding hydrogens is 254 g/mol. The predicted octanol–water partition coefficient (Wildman–Crippen LogP) is 1.57. The van der Waals surface area contributed by atoms with E-state index >= 15 is 0 Å². The Hall–Kier alpha value is -2.37. The summed E-state index contributed by atoms with van der Waals surface area (Å²) < 4.78 is 1.71. The number of aryl methyl sites for hydroxylation is 1. The zero-order valence-corrected chi connectivity index (χ0v) is 11.8. The number of rotatable bonds is 6. The smallest absolute Gasteiger partial charge is 0.251 e. The van der Waals surface area contributed by atoms with Crippen molar-refractivity contribution in [3.8, 4) is 0 Å². The molecule has 20 heavy (non-hydrogen) atoms. The van der Waals surface area contributed by atoms with Gasteiger partial charge in [-0.05, 0) is 24.6 Å². The summed E-state index contributed by atoms with van der Waals surface area (Å²) >= 11 is 0. The lowest BCUT2D eigenvalue weighted by molar-refractivity contribution is 0.0950. The van der Waals surface area contributed by atoms with Gasteiger partial charge in [0, 0.05) is 31.5 Å². The third-order valence-electron chi connectivity index (χ3n) is 2.78. The fourth-order valence-electron chi connectivity index (χ4n) is 1.75. The highest BCUT2D eigenvalue weighted by atomic mass is 16.1. The van der Waals surface area contributed by atoms with Crippen molar-refractivity contribution in [1.82, 2.24) is 20.1 Å². The van der Waals surface area contributed by atoms with E-state index in [4.69, 9.17) is 0 Å². The van der Waals surface area contributed by atoms with Crippen molar-refractivity contribution in [3.63, 3.8) is 0 Å². The van der Waals surface area contributed by atoms with Crippen LogP contribution in [0.25, 0.3) is 0 Å². The molecule has 0 bridgehead atoms. The first-order valence-electron chi connectivity index (χ1n) is 6.65. The summed E-state index contributed by atoms with van der Waals surface area (Å²) in [6.45, 7) is 3.34. The van der Waals surface area contributed by atoms with Crippen LogP contribution in [-0.2, 0) is 13.6 Å². The minimum atomic E-state index is -0.127. The fraction of sp³-hybridized carbons (Fsp3) is 0.357. The van der Waals surface area contributed by atoms with E-state index in [1.54, 1.807) is 23.0 Å². The summed E-state index contributed by atoms with van der Waals surface area (Å²) in [5.74, 6) is 0.593. The Balaban J connectivity index is 1.94. The zero-order chi connectivity index (χ0) is 14.4. The van der Waals surface area contributed by atoms with Crippen LogP contribution in [0.15, 0.2) is 30.6 Å². The van der Waals surface area contributed by atoms with Crippen molar-refractivity contribution in [1.29, 1.82) is 0 Å². The minimum absolute atomic E-state index is 0.127. The van der Waals surface area contributed by atoms with Crippen LogP contribution in [0, 0.1) is 0 Å². The van der Waals surface area contributed by atoms with Crippen LogP contribution in [-0.4, -0.2) is 27.2 Å². The molecule has 2 aromatic rings. The molecule has 106 valence electrons. The molecule has 0 atom stereocenters. The minimum Gasteiger partial charge on any atom is -0.370 e. The number of hydrogen-bond donors (Lipinski definition) is 2. The van der Waals surface area contributed by atoms with Crippen LogP contribution >= 0.6 is 0 Å². The Morgan fingerprint density at radius 3 is 2.95 bits per heavy atom. The number of amides is 1. The van der Waals surface area contributed by atoms with Crippen molar-refractivity contribution >= 4 is 11.7 Å². The molecule has 0 spiro atoms. The molecule has 0 radical (unpaired) electrons. The summed E-state index contributed by atoms with van der Waals surface area (Å²) in [5.41, 5.74) is 1.42. The molecule has 0 aliphatic heterocycles. The molecule has 6 nitrogen and oxygen atoms in total. The highest BCUT2D eigenvalue weighted by molar-refractivity contribution is 5.94. The van der Waals surface area contributed by atoms with E-state index in [-0.39, 0.29) is 5.91 Å². The predicted molar refractivity (Wildman–Crippen MR) is 77.4 cm³/mol. The maximum Gasteiger partial charge on any atom is 0.251 e. The molecule has 0 aliphatic carbocycles. The Kier molecular flexibility index (Phi) is 4.70. The number of nitrogens with zero attached hydrogens (tertiary/aromatic N) is 3. The number of carbonyl (C=O) groups is 1. The molecule has 2 aromatic heterocycles. The first kappa shape index (κ1) is 14.0. The lowest BCUT2D eigenvalue weighted by Gasteiger charge is -2.06. The summed E-state index contributed by atoms with van der Waals surface area (Å²) in [4.78, 5) is 16.2. The molecule has 0 aliphatic rings. The lowest BCUT2D eigenvalue weighted by Crippen LogP contribution is -2.23. The molecule has 0 saturated carbocycles. The molecular formula is C14H19N5O. The van der Waals surface area contributed by atoms with E-state index in [1.165, 1.54) is 0 Å². The van der Waals surface area contributed by atoms with Gasteiger partial charge in [-0.15, -0.1) is 0 Å². The van der Waals surface area contributed by atoms with Crippen LogP contribution in [0.5, 0.6) is 0 Å². The second-order valence-corrected chi connectivity index (χ2v) is 4.52. The van der Waals surface area contributed by atoms with Gasteiger partial charge >= 0.3 is 0 Å². The van der Waals surface area contributed by atoms with Gasteiger partial charge in [-0.3, -0.25) is 9.48 Å². The number of nitrogens with one attached hydrogen (secondary N) is 2. The summed E-state index contributed by atoms with van der Waals surface area (Å²) in [7, 11) is 1.85. The van der Waals surface area contributed by atoms with Crippen molar-refractivity contribution in [2.75, 3.05) is 11.9 Å². The van der Waals surface area contributed by atoms with Gasteiger partial charge in [0.2, 0.25) is 0 Å². The van der Waals surface area contributed by atoms with Gasteiger partial charge in [0.15, 0.2) is 0 Å². The quantitative estimate of drug-likeness (QED) is 0.838. The Labute approximate surface area is 118 Å². The monoisotopic (exact) mass is 273 g/mol. The van der Waals surface area contributed by atoms with Gasteiger partial charge in [0.25, 0.3) is 5.91 Å². The largest absolute Gasteiger partial charge is 0.370 e. The molecule has 0 unspecified atom stereocenters. The average molecular weight is 273 g/mol. The second kappa shape index (κ2) is 6.70. The third kappa shape index (κ3) is 3.81. The molecule has 1 amide bonds. The normalized spacial score (nSPS) is 10.3. The highest BCUT2D eigenvalue weighted by Crippen LogP contribution is 2.07. The van der Waals surface area contributed by atoms with Crippen LogP contribution in [0.4, 0.5) is 5.82 Å². The number of pyridine rings is 1. The van der Waals surface area contributed by atoms with E-state index in [2.05, 4.69) is 27.6 Å². The highest BCUT2D eigenvalue weighted by Gasteiger charge is 2.07. The van der Waals surface area contributed by atoms with Crippen molar-refractivity contribution in [3.05, 3.63) is 41.9 Å². The standard InChI is InChI=1S/C14H19N5O/c1-3-6-15-13-9-11(4-7-16-13)14(20)17-10-12-5-8-19(2)18-12/h4-5,7-9H,3,6,10H2,1-2H3,(H,15,16)(H,17,20). The van der Waals surface area contributed by atoms with Gasteiger partial charge in [-0.2, -0.15) is 5.10 Å². The van der Waals surface area contributed by atoms with Crippen LogP contribution in [0.1, 0.15) is 29.4 Å². The van der Waals surface area contributed by atoms with E-state index in [9.17, 15) is 4.79 Å². The van der Waals surface area contributed by atoms with Crippen LogP contribution in [0.3, 0.4) is 0 Å². The molecule has 6 heteroatoms. The number of hydrogen-bond acceptors (Lipinski definition) is 4. The zero-order valence-electron chi connectivity index (χ0n) is 11.8. The molecule has 0 saturated heterocycles. The fourth-order valence-corrected chi connectivity index (χ4v) is 1.75. The van der Waals surface area contributed by atoms with E-state index in [0.29, 0.717) is 12.1 Å².